The third-order valence-electron chi connectivity index (χ3n) is 5.62. The van der Waals surface area contributed by atoms with E-state index >= 15 is 0 Å². The van der Waals surface area contributed by atoms with E-state index in [4.69, 9.17) is 4.74 Å². The lowest BCUT2D eigenvalue weighted by Crippen LogP contribution is -2.47. The minimum atomic E-state index is -3.65. The number of nitrogens with one attached hydrogen (secondary N) is 1. The first kappa shape index (κ1) is 22.1. The maximum Gasteiger partial charge on any atom is 0.246 e. The summed E-state index contributed by atoms with van der Waals surface area (Å²) in [6.45, 7) is 7.21. The molecule has 0 aliphatic carbocycles. The lowest BCUT2D eigenvalue weighted by atomic mass is 10.0. The van der Waals surface area contributed by atoms with Gasteiger partial charge in [0.05, 0.1) is 12.6 Å². The molecule has 2 aliphatic rings. The van der Waals surface area contributed by atoms with Gasteiger partial charge in [-0.25, -0.2) is 8.42 Å². The number of rotatable bonds is 8. The quantitative estimate of drug-likeness (QED) is 0.695. The molecule has 7 nitrogen and oxygen atoms in total. The van der Waals surface area contributed by atoms with Gasteiger partial charge in [-0.05, 0) is 70.3 Å². The Hall–Kier alpha value is -1.64. The lowest BCUT2D eigenvalue weighted by Gasteiger charge is -2.34. The molecule has 2 aliphatic heterocycles. The number of amides is 1. The van der Waals surface area contributed by atoms with E-state index in [1.165, 1.54) is 4.31 Å². The van der Waals surface area contributed by atoms with Crippen molar-refractivity contribution in [3.8, 4) is 5.75 Å². The molecule has 29 heavy (non-hydrogen) atoms. The summed E-state index contributed by atoms with van der Waals surface area (Å²) in [5, 5.41) is 2.95. The monoisotopic (exact) mass is 423 g/mol. The number of piperidine rings is 1. The first-order valence-corrected chi connectivity index (χ1v) is 12.2. The Morgan fingerprint density at radius 2 is 1.86 bits per heavy atom. The third kappa shape index (κ3) is 5.10. The molecule has 8 heteroatoms. The van der Waals surface area contributed by atoms with E-state index in [9.17, 15) is 13.2 Å². The summed E-state index contributed by atoms with van der Waals surface area (Å²) >= 11 is 0. The molecule has 0 radical (unpaired) electrons. The Labute approximate surface area is 174 Å². The number of carbonyl (C=O) groups excluding carboxylic acids is 1. The van der Waals surface area contributed by atoms with Crippen LogP contribution in [0.4, 0.5) is 5.69 Å². The second-order valence-corrected chi connectivity index (χ2v) is 9.65. The number of carbonyl (C=O) groups is 1. The molecule has 1 aromatic carbocycles. The number of nitrogens with zero attached hydrogens (tertiary/aromatic N) is 2. The highest BCUT2D eigenvalue weighted by molar-refractivity contribution is 7.89. The number of likely N-dealkylation sites (tertiary alicyclic amines) is 1. The second kappa shape index (κ2) is 9.91. The highest BCUT2D eigenvalue weighted by atomic mass is 32.2. The number of hydrogen-bond acceptors (Lipinski definition) is 5. The predicted octanol–water partition coefficient (Wildman–Crippen LogP) is 3.07. The van der Waals surface area contributed by atoms with Crippen molar-refractivity contribution in [1.29, 1.82) is 0 Å². The summed E-state index contributed by atoms with van der Waals surface area (Å²) < 4.78 is 33.3. The van der Waals surface area contributed by atoms with Crippen LogP contribution in [0.1, 0.15) is 52.4 Å². The van der Waals surface area contributed by atoms with Crippen LogP contribution in [-0.2, 0) is 14.8 Å². The van der Waals surface area contributed by atoms with Crippen molar-refractivity contribution in [3.63, 3.8) is 0 Å². The maximum atomic E-state index is 13.1. The molecular weight excluding hydrogens is 390 g/mol. The van der Waals surface area contributed by atoms with Crippen molar-refractivity contribution < 1.29 is 17.9 Å². The van der Waals surface area contributed by atoms with Gasteiger partial charge in [0.2, 0.25) is 15.9 Å². The van der Waals surface area contributed by atoms with Gasteiger partial charge in [0.15, 0.2) is 0 Å². The van der Waals surface area contributed by atoms with Gasteiger partial charge in [0, 0.05) is 18.8 Å². The van der Waals surface area contributed by atoms with Crippen LogP contribution in [0.2, 0.25) is 0 Å². The molecule has 0 bridgehead atoms. The first-order valence-electron chi connectivity index (χ1n) is 10.8. The fourth-order valence-corrected chi connectivity index (χ4v) is 5.87. The van der Waals surface area contributed by atoms with Crippen molar-refractivity contribution in [1.82, 2.24) is 9.21 Å². The molecule has 0 aromatic heterocycles. The van der Waals surface area contributed by atoms with E-state index < -0.39 is 10.0 Å². The Bertz CT molecular complexity index is 804. The highest BCUT2D eigenvalue weighted by Crippen LogP contribution is 2.32. The molecular formula is C21H33N3O4S. The highest BCUT2D eigenvalue weighted by Gasteiger charge is 2.31. The minimum Gasteiger partial charge on any atom is -0.492 e. The zero-order chi connectivity index (χ0) is 20.9. The Morgan fingerprint density at radius 3 is 2.55 bits per heavy atom. The summed E-state index contributed by atoms with van der Waals surface area (Å²) in [6.07, 6.45) is 5.73. The molecule has 1 atom stereocenters. The molecule has 0 saturated carbocycles. The van der Waals surface area contributed by atoms with Crippen LogP contribution in [0.25, 0.3) is 0 Å². The van der Waals surface area contributed by atoms with Crippen LogP contribution in [0.3, 0.4) is 0 Å². The summed E-state index contributed by atoms with van der Waals surface area (Å²) in [4.78, 5) is 15.3. The molecule has 0 unspecified atom stereocenters. The van der Waals surface area contributed by atoms with E-state index in [1.54, 1.807) is 18.2 Å². The van der Waals surface area contributed by atoms with Crippen molar-refractivity contribution in [2.24, 2.45) is 0 Å². The average molecular weight is 424 g/mol. The molecule has 1 amide bonds. The smallest absolute Gasteiger partial charge is 0.246 e. The SMILES string of the molecule is CCCN1CCCC[C@@H]1C(=O)Nc1ccc(OCC)c(S(=O)(=O)N2CCCC2)c1. The topological polar surface area (TPSA) is 79.0 Å². The van der Waals surface area contributed by atoms with E-state index in [-0.39, 0.29) is 16.8 Å². The summed E-state index contributed by atoms with van der Waals surface area (Å²) in [7, 11) is -3.65. The zero-order valence-corrected chi connectivity index (χ0v) is 18.3. The van der Waals surface area contributed by atoms with Crippen molar-refractivity contribution in [2.45, 2.75) is 63.3 Å². The van der Waals surface area contributed by atoms with Crippen molar-refractivity contribution in [3.05, 3.63) is 18.2 Å². The van der Waals surface area contributed by atoms with Gasteiger partial charge in [0.25, 0.3) is 0 Å². The average Bonchev–Trinajstić information content (AvgIpc) is 3.26. The molecule has 1 N–H and O–H groups in total. The largest absolute Gasteiger partial charge is 0.492 e. The lowest BCUT2D eigenvalue weighted by molar-refractivity contribution is -0.122. The van der Waals surface area contributed by atoms with Crippen molar-refractivity contribution in [2.75, 3.05) is 38.1 Å². The molecule has 3 rings (SSSR count). The standard InChI is InChI=1S/C21H33N3O4S/c1-3-12-23-13-6-5-9-18(23)21(25)22-17-10-11-19(28-4-2)20(16-17)29(26,27)24-14-7-8-15-24/h10-11,16,18H,3-9,12-15H2,1-2H3,(H,22,25)/t18-/m1/s1. The van der Waals surface area contributed by atoms with E-state index in [1.807, 2.05) is 6.92 Å². The van der Waals surface area contributed by atoms with Crippen molar-refractivity contribution >= 4 is 21.6 Å². The zero-order valence-electron chi connectivity index (χ0n) is 17.5. The van der Waals surface area contributed by atoms with E-state index in [2.05, 4.69) is 17.1 Å². The number of benzene rings is 1. The summed E-state index contributed by atoms with van der Waals surface area (Å²) in [5.41, 5.74) is 0.498. The molecule has 162 valence electrons. The van der Waals surface area contributed by atoms with Gasteiger partial charge in [-0.15, -0.1) is 0 Å². The number of anilines is 1. The maximum absolute atomic E-state index is 13.1. The van der Waals surface area contributed by atoms with Crippen LogP contribution in [-0.4, -0.2) is 62.4 Å². The minimum absolute atomic E-state index is 0.0631. The number of sulfonamides is 1. The molecule has 1 aromatic rings. The van der Waals surface area contributed by atoms with E-state index in [0.29, 0.717) is 31.1 Å². The van der Waals surface area contributed by atoms with Crippen LogP contribution in [0, 0.1) is 0 Å². The third-order valence-corrected chi connectivity index (χ3v) is 7.54. The Morgan fingerprint density at radius 1 is 1.14 bits per heavy atom. The van der Waals surface area contributed by atoms with Gasteiger partial charge in [-0.1, -0.05) is 13.3 Å². The van der Waals surface area contributed by atoms with Crippen LogP contribution >= 0.6 is 0 Å². The first-order chi connectivity index (χ1) is 14.0. The fraction of sp³-hybridized carbons (Fsp3) is 0.667. The fourth-order valence-electron chi connectivity index (χ4n) is 4.20. The van der Waals surface area contributed by atoms with Gasteiger partial charge in [0.1, 0.15) is 10.6 Å². The second-order valence-electron chi connectivity index (χ2n) is 7.74. The molecule has 0 spiro atoms. The number of ether oxygens (including phenoxy) is 1. The van der Waals surface area contributed by atoms with Gasteiger partial charge in [-0.3, -0.25) is 9.69 Å². The van der Waals surface area contributed by atoms with E-state index in [0.717, 1.165) is 51.6 Å². The molecule has 2 heterocycles. The predicted molar refractivity (Wildman–Crippen MR) is 114 cm³/mol. The van der Waals surface area contributed by atoms with Crippen LogP contribution in [0.5, 0.6) is 5.75 Å². The molecule has 2 saturated heterocycles. The Kier molecular flexibility index (Phi) is 7.54. The number of hydrogen-bond donors (Lipinski definition) is 1. The summed E-state index contributed by atoms with van der Waals surface area (Å²) in [5.74, 6) is 0.273. The normalized spacial score (nSPS) is 21.2. The van der Waals surface area contributed by atoms with Crippen LogP contribution in [0.15, 0.2) is 23.1 Å². The van der Waals surface area contributed by atoms with Gasteiger partial charge in [-0.2, -0.15) is 4.31 Å². The Balaban J connectivity index is 1.83. The van der Waals surface area contributed by atoms with Crippen LogP contribution < -0.4 is 10.1 Å². The summed E-state index contributed by atoms with van der Waals surface area (Å²) in [6, 6.07) is 4.75. The van der Waals surface area contributed by atoms with Gasteiger partial charge < -0.3 is 10.1 Å². The van der Waals surface area contributed by atoms with Gasteiger partial charge >= 0.3 is 0 Å². The molecule has 2 fully saturated rings.